The molecule has 5 nitrogen and oxygen atoms in total. The summed E-state index contributed by atoms with van der Waals surface area (Å²) < 4.78 is 0. The number of nitrogens with zero attached hydrogens (tertiary/aromatic N) is 3. The van der Waals surface area contributed by atoms with Crippen molar-refractivity contribution in [3.8, 4) is 0 Å². The number of carbonyl (C=O) groups excluding carboxylic acids is 2. The lowest BCUT2D eigenvalue weighted by Gasteiger charge is -2.33. The third kappa shape index (κ3) is 2.48. The van der Waals surface area contributed by atoms with Crippen LogP contribution in [0.15, 0.2) is 24.3 Å². The molecule has 0 atom stereocenters. The fraction of sp³-hybridized carbons (Fsp3) is 0.467. The summed E-state index contributed by atoms with van der Waals surface area (Å²) in [5.41, 5.74) is 2.51. The Kier molecular flexibility index (Phi) is 3.58. The van der Waals surface area contributed by atoms with Gasteiger partial charge in [0.05, 0.1) is 6.54 Å². The first kappa shape index (κ1) is 13.0. The van der Waals surface area contributed by atoms with Crippen LogP contribution in [0.3, 0.4) is 0 Å². The topological polar surface area (TPSA) is 43.9 Å². The lowest BCUT2D eigenvalue weighted by molar-refractivity contribution is -0.133. The molecule has 0 unspecified atom stereocenters. The molecular formula is C15H19N3O2. The molecule has 1 aromatic rings. The van der Waals surface area contributed by atoms with Crippen molar-refractivity contribution < 1.29 is 9.59 Å². The molecule has 2 aliphatic rings. The van der Waals surface area contributed by atoms with E-state index in [1.165, 1.54) is 11.3 Å². The lowest BCUT2D eigenvalue weighted by atomic mass is 10.2. The first-order valence-electron chi connectivity index (χ1n) is 7.08. The zero-order chi connectivity index (χ0) is 13.9. The van der Waals surface area contributed by atoms with Gasteiger partial charge < -0.3 is 14.7 Å². The Balaban J connectivity index is 1.59. The smallest absolute Gasteiger partial charge is 0.242 e. The molecule has 0 radical (unpaired) electrons. The van der Waals surface area contributed by atoms with Crippen LogP contribution in [0.25, 0.3) is 0 Å². The molecule has 2 aliphatic heterocycles. The Morgan fingerprint density at radius 1 is 1.10 bits per heavy atom. The second-order valence-corrected chi connectivity index (χ2v) is 5.32. The molecule has 0 spiro atoms. The number of benzene rings is 1. The highest BCUT2D eigenvalue weighted by Gasteiger charge is 2.25. The van der Waals surface area contributed by atoms with Gasteiger partial charge in [0, 0.05) is 38.4 Å². The monoisotopic (exact) mass is 273 g/mol. The molecule has 0 aromatic heterocycles. The second kappa shape index (κ2) is 5.53. The van der Waals surface area contributed by atoms with Crippen molar-refractivity contribution in [3.05, 3.63) is 29.8 Å². The van der Waals surface area contributed by atoms with E-state index in [1.54, 1.807) is 4.90 Å². The fourth-order valence-corrected chi connectivity index (χ4v) is 2.91. The van der Waals surface area contributed by atoms with Gasteiger partial charge in [-0.1, -0.05) is 18.2 Å². The third-order valence-corrected chi connectivity index (χ3v) is 4.13. The number of anilines is 1. The Morgan fingerprint density at radius 3 is 2.60 bits per heavy atom. The maximum absolute atomic E-state index is 12.3. The summed E-state index contributed by atoms with van der Waals surface area (Å²) >= 11 is 0. The quantitative estimate of drug-likeness (QED) is 0.746. The molecular weight excluding hydrogens is 254 g/mol. The van der Waals surface area contributed by atoms with Gasteiger partial charge in [0.25, 0.3) is 0 Å². The van der Waals surface area contributed by atoms with E-state index in [-0.39, 0.29) is 5.91 Å². The van der Waals surface area contributed by atoms with E-state index < -0.39 is 0 Å². The average Bonchev–Trinajstić information content (AvgIpc) is 2.91. The minimum Gasteiger partial charge on any atom is -0.362 e. The number of rotatable bonds is 3. The first-order chi connectivity index (χ1) is 9.78. The summed E-state index contributed by atoms with van der Waals surface area (Å²) in [4.78, 5) is 28.7. The number of hydrogen-bond acceptors (Lipinski definition) is 3. The van der Waals surface area contributed by atoms with E-state index in [4.69, 9.17) is 0 Å². The van der Waals surface area contributed by atoms with Crippen molar-refractivity contribution in [2.45, 2.75) is 6.42 Å². The van der Waals surface area contributed by atoms with Crippen LogP contribution in [0.1, 0.15) is 5.56 Å². The molecule has 0 bridgehead atoms. The van der Waals surface area contributed by atoms with Crippen LogP contribution in [-0.2, 0) is 16.0 Å². The van der Waals surface area contributed by atoms with Gasteiger partial charge in [-0.15, -0.1) is 0 Å². The molecule has 0 N–H and O–H groups in total. The Labute approximate surface area is 118 Å². The van der Waals surface area contributed by atoms with Crippen LogP contribution in [0.2, 0.25) is 0 Å². The molecule has 20 heavy (non-hydrogen) atoms. The summed E-state index contributed by atoms with van der Waals surface area (Å²) in [5, 5.41) is 0. The summed E-state index contributed by atoms with van der Waals surface area (Å²) in [5.74, 6) is 0.159. The molecule has 106 valence electrons. The molecule has 3 rings (SSSR count). The van der Waals surface area contributed by atoms with Crippen LogP contribution < -0.4 is 4.90 Å². The van der Waals surface area contributed by atoms with E-state index >= 15 is 0 Å². The Bertz CT molecular complexity index is 510. The second-order valence-electron chi connectivity index (χ2n) is 5.32. The van der Waals surface area contributed by atoms with Gasteiger partial charge in [0.2, 0.25) is 12.3 Å². The molecule has 0 saturated carbocycles. The zero-order valence-corrected chi connectivity index (χ0v) is 11.5. The highest BCUT2D eigenvalue weighted by molar-refractivity contribution is 5.82. The van der Waals surface area contributed by atoms with Gasteiger partial charge >= 0.3 is 0 Å². The van der Waals surface area contributed by atoms with Crippen LogP contribution in [-0.4, -0.2) is 61.4 Å². The van der Waals surface area contributed by atoms with Gasteiger partial charge in [-0.05, 0) is 18.1 Å². The number of fused-ring (bicyclic) bond motifs is 1. The van der Waals surface area contributed by atoms with Gasteiger partial charge in [-0.25, -0.2) is 0 Å². The van der Waals surface area contributed by atoms with Crippen LogP contribution >= 0.6 is 0 Å². The van der Waals surface area contributed by atoms with Crippen molar-refractivity contribution >= 4 is 18.0 Å². The molecule has 1 aromatic carbocycles. The molecule has 1 saturated heterocycles. The predicted octanol–water partition coefficient (Wildman–Crippen LogP) is 0.350. The largest absolute Gasteiger partial charge is 0.362 e. The summed E-state index contributed by atoms with van der Waals surface area (Å²) in [6.07, 6.45) is 1.88. The van der Waals surface area contributed by atoms with Gasteiger partial charge in [-0.3, -0.25) is 9.59 Å². The van der Waals surface area contributed by atoms with Crippen molar-refractivity contribution in [1.29, 1.82) is 0 Å². The lowest BCUT2D eigenvalue weighted by Crippen LogP contribution is -2.50. The van der Waals surface area contributed by atoms with Crippen LogP contribution in [0, 0.1) is 0 Å². The number of hydrogen-bond donors (Lipinski definition) is 0. The number of piperazine rings is 1. The fourth-order valence-electron chi connectivity index (χ4n) is 2.91. The first-order valence-corrected chi connectivity index (χ1v) is 7.08. The maximum atomic E-state index is 12.3. The van der Waals surface area contributed by atoms with Gasteiger partial charge in [-0.2, -0.15) is 0 Å². The minimum absolute atomic E-state index is 0.159. The highest BCUT2D eigenvalue weighted by atomic mass is 16.2. The highest BCUT2D eigenvalue weighted by Crippen LogP contribution is 2.27. The van der Waals surface area contributed by atoms with Crippen LogP contribution in [0.5, 0.6) is 0 Å². The van der Waals surface area contributed by atoms with Crippen molar-refractivity contribution in [2.24, 2.45) is 0 Å². The molecule has 1 fully saturated rings. The van der Waals surface area contributed by atoms with Crippen LogP contribution in [0.4, 0.5) is 5.69 Å². The zero-order valence-electron chi connectivity index (χ0n) is 11.5. The molecule has 0 aliphatic carbocycles. The average molecular weight is 273 g/mol. The number of carbonyl (C=O) groups is 2. The third-order valence-electron chi connectivity index (χ3n) is 4.13. The van der Waals surface area contributed by atoms with E-state index in [0.29, 0.717) is 32.7 Å². The van der Waals surface area contributed by atoms with Gasteiger partial charge in [0.15, 0.2) is 0 Å². The van der Waals surface area contributed by atoms with E-state index in [1.807, 2.05) is 17.0 Å². The van der Waals surface area contributed by atoms with E-state index in [0.717, 1.165) is 19.4 Å². The predicted molar refractivity (Wildman–Crippen MR) is 76.6 cm³/mol. The number of amides is 2. The van der Waals surface area contributed by atoms with Crippen molar-refractivity contribution in [3.63, 3.8) is 0 Å². The molecule has 5 heteroatoms. The Hall–Kier alpha value is -2.04. The van der Waals surface area contributed by atoms with Crippen molar-refractivity contribution in [2.75, 3.05) is 44.2 Å². The van der Waals surface area contributed by atoms with Gasteiger partial charge in [0.1, 0.15) is 0 Å². The molecule has 2 amide bonds. The summed E-state index contributed by atoms with van der Waals surface area (Å²) in [6, 6.07) is 8.27. The standard InChI is InChI=1S/C15H19N3O2/c19-12-16-7-9-17(10-8-16)15(20)11-18-6-5-13-3-1-2-4-14(13)18/h1-4,12H,5-11H2. The summed E-state index contributed by atoms with van der Waals surface area (Å²) in [6.45, 7) is 3.94. The van der Waals surface area contributed by atoms with E-state index in [9.17, 15) is 9.59 Å². The molecule has 2 heterocycles. The maximum Gasteiger partial charge on any atom is 0.242 e. The van der Waals surface area contributed by atoms with Crippen molar-refractivity contribution in [1.82, 2.24) is 9.80 Å². The number of para-hydroxylation sites is 1. The normalized spacial score (nSPS) is 18.1. The van der Waals surface area contributed by atoms with E-state index in [2.05, 4.69) is 17.0 Å². The SMILES string of the molecule is O=CN1CCN(C(=O)CN2CCc3ccccc32)CC1. The minimum atomic E-state index is 0.159. The summed E-state index contributed by atoms with van der Waals surface area (Å²) in [7, 11) is 0. The Morgan fingerprint density at radius 2 is 1.85 bits per heavy atom.